The molecule has 1 aliphatic rings. The lowest BCUT2D eigenvalue weighted by atomic mass is 9.71. The van der Waals surface area contributed by atoms with Gasteiger partial charge in [-0.25, -0.2) is 13.1 Å². The van der Waals surface area contributed by atoms with Gasteiger partial charge in [-0.05, 0) is 49.1 Å². The number of amides is 1. The minimum atomic E-state index is -3.79. The summed E-state index contributed by atoms with van der Waals surface area (Å²) in [5.41, 5.74) is 0.613. The first kappa shape index (κ1) is 22.4. The Morgan fingerprint density at radius 2 is 1.73 bits per heavy atom. The monoisotopic (exact) mass is 452 g/mol. The van der Waals surface area contributed by atoms with E-state index in [1.807, 2.05) is 12.1 Å². The molecule has 1 aliphatic carbocycles. The smallest absolute Gasteiger partial charge is 0.240 e. The van der Waals surface area contributed by atoms with E-state index < -0.39 is 15.6 Å². The van der Waals surface area contributed by atoms with Crippen molar-refractivity contribution in [2.75, 3.05) is 20.8 Å². The quantitative estimate of drug-likeness (QED) is 0.609. The molecular formula is C21H25ClN2O5S. The zero-order valence-electron chi connectivity index (χ0n) is 16.9. The number of nitrogens with one attached hydrogen (secondary N) is 2. The van der Waals surface area contributed by atoms with Crippen molar-refractivity contribution in [1.82, 2.24) is 10.0 Å². The van der Waals surface area contributed by atoms with E-state index in [1.54, 1.807) is 12.1 Å². The van der Waals surface area contributed by atoms with Gasteiger partial charge in [-0.1, -0.05) is 23.7 Å². The number of benzene rings is 2. The maximum atomic E-state index is 12.5. The first-order valence-electron chi connectivity index (χ1n) is 9.58. The van der Waals surface area contributed by atoms with Gasteiger partial charge in [0.15, 0.2) is 11.5 Å². The lowest BCUT2D eigenvalue weighted by Crippen LogP contribution is -2.51. The highest BCUT2D eigenvalue weighted by Crippen LogP contribution is 2.41. The van der Waals surface area contributed by atoms with Crippen molar-refractivity contribution in [2.45, 2.75) is 36.1 Å². The fraction of sp³-hybridized carbons (Fsp3) is 0.381. The molecule has 0 radical (unpaired) electrons. The third kappa shape index (κ3) is 4.88. The molecule has 0 spiro atoms. The Morgan fingerprint density at radius 3 is 2.30 bits per heavy atom. The molecule has 0 aromatic heterocycles. The molecule has 2 N–H and O–H groups in total. The first-order chi connectivity index (χ1) is 14.3. The summed E-state index contributed by atoms with van der Waals surface area (Å²) in [4.78, 5) is 12.5. The van der Waals surface area contributed by atoms with Crippen LogP contribution in [0.3, 0.4) is 0 Å². The molecule has 162 valence electrons. The number of carbonyl (C=O) groups is 1. The summed E-state index contributed by atoms with van der Waals surface area (Å²) in [5, 5.41) is 3.71. The number of hydrogen-bond donors (Lipinski definition) is 2. The topological polar surface area (TPSA) is 93.7 Å². The van der Waals surface area contributed by atoms with E-state index >= 15 is 0 Å². The van der Waals surface area contributed by atoms with Crippen molar-refractivity contribution < 1.29 is 22.7 Å². The third-order valence-corrected chi connectivity index (χ3v) is 7.00. The standard InChI is InChI=1S/C21H25ClN2O5S/c1-28-18-9-8-17(14-19(18)29-2)30(26,27)23-13-10-20(25)24-21(11-3-12-21)15-4-6-16(22)7-5-15/h4-9,14,23H,3,10-13H2,1-2H3,(H,24,25). The highest BCUT2D eigenvalue weighted by atomic mass is 35.5. The van der Waals surface area contributed by atoms with Gasteiger partial charge in [0.1, 0.15) is 0 Å². The number of halogens is 1. The predicted octanol–water partition coefficient (Wildman–Crippen LogP) is 3.22. The average molecular weight is 453 g/mol. The maximum Gasteiger partial charge on any atom is 0.240 e. The van der Waals surface area contributed by atoms with Crippen molar-refractivity contribution >= 4 is 27.5 Å². The van der Waals surface area contributed by atoms with Gasteiger partial charge < -0.3 is 14.8 Å². The zero-order valence-corrected chi connectivity index (χ0v) is 18.5. The molecule has 30 heavy (non-hydrogen) atoms. The predicted molar refractivity (Wildman–Crippen MR) is 114 cm³/mol. The summed E-state index contributed by atoms with van der Waals surface area (Å²) in [6.07, 6.45) is 2.74. The van der Waals surface area contributed by atoms with E-state index in [4.69, 9.17) is 21.1 Å². The van der Waals surface area contributed by atoms with Gasteiger partial charge in [0.2, 0.25) is 15.9 Å². The van der Waals surface area contributed by atoms with Crippen molar-refractivity contribution in [3.63, 3.8) is 0 Å². The van der Waals surface area contributed by atoms with Crippen molar-refractivity contribution in [2.24, 2.45) is 0 Å². The molecule has 0 bridgehead atoms. The van der Waals surface area contributed by atoms with E-state index in [2.05, 4.69) is 10.0 Å². The molecule has 1 amide bonds. The van der Waals surface area contributed by atoms with Crippen molar-refractivity contribution in [3.05, 3.63) is 53.1 Å². The number of sulfonamides is 1. The van der Waals surface area contributed by atoms with Crippen molar-refractivity contribution in [1.29, 1.82) is 0 Å². The van der Waals surface area contributed by atoms with Gasteiger partial charge in [0, 0.05) is 24.1 Å². The van der Waals surface area contributed by atoms with E-state index in [9.17, 15) is 13.2 Å². The molecule has 0 unspecified atom stereocenters. The number of carbonyl (C=O) groups excluding carboxylic acids is 1. The summed E-state index contributed by atoms with van der Waals surface area (Å²) >= 11 is 5.96. The van der Waals surface area contributed by atoms with Gasteiger partial charge in [0.25, 0.3) is 0 Å². The van der Waals surface area contributed by atoms with Crippen LogP contribution in [0.15, 0.2) is 47.4 Å². The Kier molecular flexibility index (Phi) is 6.90. The number of methoxy groups -OCH3 is 2. The van der Waals surface area contributed by atoms with Crippen LogP contribution in [0, 0.1) is 0 Å². The molecule has 0 saturated heterocycles. The second kappa shape index (κ2) is 9.24. The first-order valence-corrected chi connectivity index (χ1v) is 11.4. The Bertz CT molecular complexity index is 1000. The normalized spacial score (nSPS) is 15.2. The zero-order chi connectivity index (χ0) is 21.8. The fourth-order valence-corrected chi connectivity index (χ4v) is 4.65. The van der Waals surface area contributed by atoms with E-state index in [0.29, 0.717) is 16.5 Å². The molecule has 7 nitrogen and oxygen atoms in total. The second-order valence-corrected chi connectivity index (χ2v) is 9.36. The third-order valence-electron chi connectivity index (χ3n) is 5.29. The minimum absolute atomic E-state index is 0.0147. The Hall–Kier alpha value is -2.29. The molecule has 3 rings (SSSR count). The van der Waals surface area contributed by atoms with Crippen LogP contribution in [0.2, 0.25) is 5.02 Å². The van der Waals surface area contributed by atoms with Crippen LogP contribution < -0.4 is 19.5 Å². The minimum Gasteiger partial charge on any atom is -0.493 e. The SMILES string of the molecule is COc1ccc(S(=O)(=O)NCCC(=O)NC2(c3ccc(Cl)cc3)CCC2)cc1OC. The van der Waals surface area contributed by atoms with E-state index in [0.717, 1.165) is 24.8 Å². The number of rotatable bonds is 9. The van der Waals surface area contributed by atoms with Gasteiger partial charge in [-0.2, -0.15) is 0 Å². The summed E-state index contributed by atoms with van der Waals surface area (Å²) in [7, 11) is -0.878. The Morgan fingerprint density at radius 1 is 1.07 bits per heavy atom. The Labute approximate surface area is 181 Å². The van der Waals surface area contributed by atoms with E-state index in [-0.39, 0.29) is 23.8 Å². The second-order valence-electron chi connectivity index (χ2n) is 7.16. The van der Waals surface area contributed by atoms with Crippen LogP contribution in [-0.2, 0) is 20.4 Å². The van der Waals surface area contributed by atoms with Gasteiger partial charge >= 0.3 is 0 Å². The molecular weight excluding hydrogens is 428 g/mol. The molecule has 1 fully saturated rings. The molecule has 9 heteroatoms. The largest absolute Gasteiger partial charge is 0.493 e. The lowest BCUT2D eigenvalue weighted by Gasteiger charge is -2.43. The summed E-state index contributed by atoms with van der Waals surface area (Å²) in [6, 6.07) is 11.8. The van der Waals surface area contributed by atoms with Gasteiger partial charge in [-0.3, -0.25) is 4.79 Å². The molecule has 1 saturated carbocycles. The average Bonchev–Trinajstić information content (AvgIpc) is 2.70. The fourth-order valence-electron chi connectivity index (χ4n) is 3.48. The lowest BCUT2D eigenvalue weighted by molar-refractivity contribution is -0.124. The summed E-state index contributed by atoms with van der Waals surface area (Å²) < 4.78 is 37.8. The maximum absolute atomic E-state index is 12.5. The molecule has 0 aliphatic heterocycles. The highest BCUT2D eigenvalue weighted by molar-refractivity contribution is 7.89. The van der Waals surface area contributed by atoms with Crippen LogP contribution in [0.5, 0.6) is 11.5 Å². The Balaban J connectivity index is 1.59. The van der Waals surface area contributed by atoms with Crippen LogP contribution in [-0.4, -0.2) is 35.1 Å². The molecule has 2 aromatic rings. The van der Waals surface area contributed by atoms with Crippen LogP contribution >= 0.6 is 11.6 Å². The number of ether oxygens (including phenoxy) is 2. The molecule has 2 aromatic carbocycles. The highest BCUT2D eigenvalue weighted by Gasteiger charge is 2.39. The van der Waals surface area contributed by atoms with Gasteiger partial charge in [-0.15, -0.1) is 0 Å². The summed E-state index contributed by atoms with van der Waals surface area (Å²) in [5.74, 6) is 0.538. The summed E-state index contributed by atoms with van der Waals surface area (Å²) in [6.45, 7) is -0.0147. The van der Waals surface area contributed by atoms with Crippen LogP contribution in [0.4, 0.5) is 0 Å². The molecule has 0 atom stereocenters. The van der Waals surface area contributed by atoms with Crippen molar-refractivity contribution in [3.8, 4) is 11.5 Å². The molecule has 0 heterocycles. The van der Waals surface area contributed by atoms with Gasteiger partial charge in [0.05, 0.1) is 24.7 Å². The van der Waals surface area contributed by atoms with Crippen LogP contribution in [0.25, 0.3) is 0 Å². The van der Waals surface area contributed by atoms with E-state index in [1.165, 1.54) is 32.4 Å². The number of hydrogen-bond acceptors (Lipinski definition) is 5. The van der Waals surface area contributed by atoms with Crippen LogP contribution in [0.1, 0.15) is 31.2 Å².